The molecule has 0 saturated carbocycles. The molecule has 5 heteroatoms. The van der Waals surface area contributed by atoms with Gasteiger partial charge in [-0.25, -0.2) is 4.79 Å². The number of aromatic carboxylic acids is 1. The summed E-state index contributed by atoms with van der Waals surface area (Å²) in [6.45, 7) is 1.23. The molecule has 0 aromatic heterocycles. The van der Waals surface area contributed by atoms with Gasteiger partial charge in [-0.2, -0.15) is 0 Å². The Morgan fingerprint density at radius 2 is 2.05 bits per heavy atom. The van der Waals surface area contributed by atoms with Gasteiger partial charge in [-0.15, -0.1) is 0 Å². The highest BCUT2D eigenvalue weighted by molar-refractivity contribution is 5.87. The van der Waals surface area contributed by atoms with Crippen LogP contribution in [0.2, 0.25) is 0 Å². The molecule has 0 unspecified atom stereocenters. The number of carboxylic acid groups (broad SMARTS) is 1. The van der Waals surface area contributed by atoms with Gasteiger partial charge in [-0.1, -0.05) is 12.1 Å². The zero-order valence-electron chi connectivity index (χ0n) is 11.5. The molecule has 20 heavy (non-hydrogen) atoms. The van der Waals surface area contributed by atoms with Gasteiger partial charge in [0.2, 0.25) is 5.91 Å². The lowest BCUT2D eigenvalue weighted by Gasteiger charge is -2.19. The molecular formula is C15H19NO4. The van der Waals surface area contributed by atoms with Crippen LogP contribution in [0.4, 0.5) is 0 Å². The minimum absolute atomic E-state index is 0.0548. The van der Waals surface area contributed by atoms with Crippen molar-refractivity contribution in [2.75, 3.05) is 13.7 Å². The SMILES string of the molecule is CN(Cc1ccc(C(=O)O)cc1)C(=O)C[C@@H]1CCCO1. The molecule has 2 rings (SSSR count). The Kier molecular flexibility index (Phi) is 4.74. The highest BCUT2D eigenvalue weighted by Gasteiger charge is 2.21. The average molecular weight is 277 g/mol. The van der Waals surface area contributed by atoms with E-state index in [1.165, 1.54) is 0 Å². The summed E-state index contributed by atoms with van der Waals surface area (Å²) >= 11 is 0. The molecule has 1 aliphatic rings. The van der Waals surface area contributed by atoms with Crippen LogP contribution < -0.4 is 0 Å². The van der Waals surface area contributed by atoms with Crippen LogP contribution in [0, 0.1) is 0 Å². The standard InChI is InChI=1S/C15H19NO4/c1-16(14(17)9-13-3-2-8-20-13)10-11-4-6-12(7-5-11)15(18)19/h4-7,13H,2-3,8-10H2,1H3,(H,18,19)/t13-/m0/s1. The van der Waals surface area contributed by atoms with E-state index in [-0.39, 0.29) is 17.6 Å². The van der Waals surface area contributed by atoms with Crippen molar-refractivity contribution in [2.45, 2.75) is 31.9 Å². The molecule has 1 atom stereocenters. The van der Waals surface area contributed by atoms with Crippen molar-refractivity contribution in [1.82, 2.24) is 4.90 Å². The van der Waals surface area contributed by atoms with Crippen LogP contribution >= 0.6 is 0 Å². The zero-order valence-corrected chi connectivity index (χ0v) is 11.5. The Bertz CT molecular complexity index is 477. The number of ether oxygens (including phenoxy) is 1. The smallest absolute Gasteiger partial charge is 0.335 e. The maximum absolute atomic E-state index is 12.0. The monoisotopic (exact) mass is 277 g/mol. The van der Waals surface area contributed by atoms with Gasteiger partial charge in [0, 0.05) is 20.2 Å². The maximum atomic E-state index is 12.0. The van der Waals surface area contributed by atoms with E-state index in [4.69, 9.17) is 9.84 Å². The van der Waals surface area contributed by atoms with Gasteiger partial charge in [0.15, 0.2) is 0 Å². The summed E-state index contributed by atoms with van der Waals surface area (Å²) < 4.78 is 5.45. The van der Waals surface area contributed by atoms with Gasteiger partial charge in [0.05, 0.1) is 18.1 Å². The number of hydrogen-bond acceptors (Lipinski definition) is 3. The molecule has 1 N–H and O–H groups in total. The Labute approximate surface area is 118 Å². The quantitative estimate of drug-likeness (QED) is 0.892. The number of amides is 1. The third kappa shape index (κ3) is 3.81. The van der Waals surface area contributed by atoms with Crippen molar-refractivity contribution in [3.05, 3.63) is 35.4 Å². The first-order chi connectivity index (χ1) is 9.56. The largest absolute Gasteiger partial charge is 0.478 e. The van der Waals surface area contributed by atoms with E-state index in [0.717, 1.165) is 25.0 Å². The molecule has 0 spiro atoms. The van der Waals surface area contributed by atoms with Crippen molar-refractivity contribution < 1.29 is 19.4 Å². The first-order valence-corrected chi connectivity index (χ1v) is 6.74. The third-order valence-electron chi connectivity index (χ3n) is 3.47. The van der Waals surface area contributed by atoms with Crippen LogP contribution in [0.15, 0.2) is 24.3 Å². The third-order valence-corrected chi connectivity index (χ3v) is 3.47. The molecule has 0 radical (unpaired) electrons. The van der Waals surface area contributed by atoms with Gasteiger partial charge in [-0.05, 0) is 30.5 Å². The first kappa shape index (κ1) is 14.5. The van der Waals surface area contributed by atoms with E-state index < -0.39 is 5.97 Å². The lowest BCUT2D eigenvalue weighted by atomic mass is 10.1. The molecule has 1 saturated heterocycles. The Morgan fingerprint density at radius 3 is 2.60 bits per heavy atom. The van der Waals surface area contributed by atoms with Crippen LogP contribution in [-0.2, 0) is 16.1 Å². The van der Waals surface area contributed by atoms with E-state index in [0.29, 0.717) is 13.0 Å². The fourth-order valence-electron chi connectivity index (χ4n) is 2.27. The number of carboxylic acids is 1. The molecule has 1 aromatic carbocycles. The van der Waals surface area contributed by atoms with Gasteiger partial charge in [-0.3, -0.25) is 4.79 Å². The molecular weight excluding hydrogens is 258 g/mol. The van der Waals surface area contributed by atoms with Gasteiger partial charge in [0.1, 0.15) is 0 Å². The van der Waals surface area contributed by atoms with Crippen LogP contribution in [0.5, 0.6) is 0 Å². The highest BCUT2D eigenvalue weighted by atomic mass is 16.5. The van der Waals surface area contributed by atoms with E-state index >= 15 is 0 Å². The minimum atomic E-state index is -0.945. The number of rotatable bonds is 5. The molecule has 5 nitrogen and oxygen atoms in total. The average Bonchev–Trinajstić information content (AvgIpc) is 2.92. The second-order valence-corrected chi connectivity index (χ2v) is 5.09. The molecule has 1 aromatic rings. The number of nitrogens with zero attached hydrogens (tertiary/aromatic N) is 1. The summed E-state index contributed by atoms with van der Waals surface area (Å²) in [4.78, 5) is 24.4. The predicted molar refractivity (Wildman–Crippen MR) is 73.5 cm³/mol. The van der Waals surface area contributed by atoms with Crippen LogP contribution in [0.25, 0.3) is 0 Å². The Balaban J connectivity index is 1.87. The van der Waals surface area contributed by atoms with E-state index in [9.17, 15) is 9.59 Å². The fraction of sp³-hybridized carbons (Fsp3) is 0.467. The summed E-state index contributed by atoms with van der Waals surface area (Å²) in [5, 5.41) is 8.83. The lowest BCUT2D eigenvalue weighted by Crippen LogP contribution is -2.29. The predicted octanol–water partition coefficient (Wildman–Crippen LogP) is 1.91. The number of carbonyl (C=O) groups excluding carboxylic acids is 1. The van der Waals surface area contributed by atoms with Crippen molar-refractivity contribution in [2.24, 2.45) is 0 Å². The van der Waals surface area contributed by atoms with Gasteiger partial charge >= 0.3 is 5.97 Å². The van der Waals surface area contributed by atoms with Gasteiger partial charge in [0.25, 0.3) is 0 Å². The lowest BCUT2D eigenvalue weighted by molar-refractivity contribution is -0.132. The van der Waals surface area contributed by atoms with Crippen LogP contribution in [-0.4, -0.2) is 41.6 Å². The minimum Gasteiger partial charge on any atom is -0.478 e. The maximum Gasteiger partial charge on any atom is 0.335 e. The fourth-order valence-corrected chi connectivity index (χ4v) is 2.27. The summed E-state index contributed by atoms with van der Waals surface area (Å²) in [6, 6.07) is 6.57. The van der Waals surface area contributed by atoms with Crippen LogP contribution in [0.1, 0.15) is 35.2 Å². The molecule has 1 heterocycles. The normalized spacial score (nSPS) is 17.9. The summed E-state index contributed by atoms with van der Waals surface area (Å²) in [5.41, 5.74) is 1.17. The molecule has 0 bridgehead atoms. The zero-order chi connectivity index (χ0) is 14.5. The van der Waals surface area contributed by atoms with Crippen LogP contribution in [0.3, 0.4) is 0 Å². The molecule has 1 fully saturated rings. The number of hydrogen-bond donors (Lipinski definition) is 1. The molecule has 1 amide bonds. The van der Waals surface area contributed by atoms with E-state index in [1.54, 1.807) is 36.2 Å². The first-order valence-electron chi connectivity index (χ1n) is 6.74. The molecule has 1 aliphatic heterocycles. The molecule has 0 aliphatic carbocycles. The van der Waals surface area contributed by atoms with Crippen molar-refractivity contribution >= 4 is 11.9 Å². The number of benzene rings is 1. The summed E-state index contributed by atoms with van der Waals surface area (Å²) in [5.74, 6) is -0.890. The second kappa shape index (κ2) is 6.52. The van der Waals surface area contributed by atoms with Crippen molar-refractivity contribution in [1.29, 1.82) is 0 Å². The van der Waals surface area contributed by atoms with Gasteiger partial charge < -0.3 is 14.7 Å². The second-order valence-electron chi connectivity index (χ2n) is 5.09. The molecule has 108 valence electrons. The van der Waals surface area contributed by atoms with Crippen molar-refractivity contribution in [3.8, 4) is 0 Å². The number of carbonyl (C=O) groups is 2. The van der Waals surface area contributed by atoms with Crippen molar-refractivity contribution in [3.63, 3.8) is 0 Å². The van der Waals surface area contributed by atoms with E-state index in [2.05, 4.69) is 0 Å². The van der Waals surface area contributed by atoms with E-state index in [1.807, 2.05) is 0 Å². The Morgan fingerprint density at radius 1 is 1.35 bits per heavy atom. The Hall–Kier alpha value is -1.88. The topological polar surface area (TPSA) is 66.8 Å². The summed E-state index contributed by atoms with van der Waals surface area (Å²) in [6.07, 6.45) is 2.45. The summed E-state index contributed by atoms with van der Waals surface area (Å²) in [7, 11) is 1.75. The highest BCUT2D eigenvalue weighted by Crippen LogP contribution is 2.17.